The van der Waals surface area contributed by atoms with Gasteiger partial charge in [0.1, 0.15) is 28.8 Å². The zero-order valence-electron chi connectivity index (χ0n) is 12.0. The van der Waals surface area contributed by atoms with Crippen LogP contribution in [0.4, 0.5) is 5.82 Å². The third kappa shape index (κ3) is 3.34. The van der Waals surface area contributed by atoms with Gasteiger partial charge in [-0.15, -0.1) is 0 Å². The Hall–Kier alpha value is -2.02. The second-order valence-corrected chi connectivity index (χ2v) is 5.71. The van der Waals surface area contributed by atoms with E-state index in [1.165, 1.54) is 0 Å². The van der Waals surface area contributed by atoms with Crippen molar-refractivity contribution in [3.8, 4) is 5.75 Å². The molecular weight excluding hydrogens is 339 g/mol. The number of aliphatic hydroxyl groups is 1. The molecule has 2 heterocycles. The quantitative estimate of drug-likeness (QED) is 0.655. The third-order valence-electron chi connectivity index (χ3n) is 3.31. The number of nitrogens with zero attached hydrogens (tertiary/aromatic N) is 2. The number of imidazole rings is 1. The van der Waals surface area contributed by atoms with E-state index in [0.717, 1.165) is 5.56 Å². The molecule has 0 bridgehead atoms. The number of anilines is 1. The Morgan fingerprint density at radius 2 is 2.13 bits per heavy atom. The van der Waals surface area contributed by atoms with Gasteiger partial charge in [0, 0.05) is 12.6 Å². The monoisotopic (exact) mass is 352 g/mol. The van der Waals surface area contributed by atoms with Crippen molar-refractivity contribution in [3.05, 3.63) is 45.8 Å². The molecule has 0 saturated carbocycles. The van der Waals surface area contributed by atoms with Gasteiger partial charge in [-0.1, -0.05) is 23.2 Å². The number of rotatable bonds is 5. The van der Waals surface area contributed by atoms with Gasteiger partial charge in [0.2, 0.25) is 0 Å². The average Bonchev–Trinajstić information content (AvgIpc) is 2.94. The Morgan fingerprint density at radius 1 is 1.30 bits per heavy atom. The molecule has 6 nitrogen and oxygen atoms in total. The molecule has 0 aliphatic carbocycles. The van der Waals surface area contributed by atoms with Gasteiger partial charge in [-0.2, -0.15) is 0 Å². The van der Waals surface area contributed by atoms with Crippen LogP contribution in [0.25, 0.3) is 11.0 Å². The minimum Gasteiger partial charge on any atom is -0.489 e. The average molecular weight is 353 g/mol. The van der Waals surface area contributed by atoms with Crippen molar-refractivity contribution in [2.24, 2.45) is 0 Å². The Morgan fingerprint density at radius 3 is 2.87 bits per heavy atom. The summed E-state index contributed by atoms with van der Waals surface area (Å²) < 4.78 is 5.79. The van der Waals surface area contributed by atoms with Crippen LogP contribution >= 0.6 is 23.2 Å². The van der Waals surface area contributed by atoms with Gasteiger partial charge in [-0.05, 0) is 23.8 Å². The largest absolute Gasteiger partial charge is 0.489 e. The first kappa shape index (κ1) is 15.9. The molecular formula is C15H14Cl2N4O2. The zero-order valence-corrected chi connectivity index (χ0v) is 13.5. The summed E-state index contributed by atoms with van der Waals surface area (Å²) in [4.78, 5) is 11.2. The molecule has 3 aromatic rings. The number of H-pyrrole nitrogens is 1. The van der Waals surface area contributed by atoms with Gasteiger partial charge >= 0.3 is 0 Å². The molecule has 120 valence electrons. The van der Waals surface area contributed by atoms with Crippen LogP contribution in [0.15, 0.2) is 24.4 Å². The highest BCUT2D eigenvalue weighted by Crippen LogP contribution is 2.38. The lowest BCUT2D eigenvalue weighted by atomic mass is 10.2. The van der Waals surface area contributed by atoms with Crippen molar-refractivity contribution in [1.29, 1.82) is 0 Å². The maximum Gasteiger partial charge on any atom is 0.167 e. The lowest BCUT2D eigenvalue weighted by molar-refractivity contribution is 0.273. The van der Waals surface area contributed by atoms with E-state index in [0.29, 0.717) is 51.5 Å². The summed E-state index contributed by atoms with van der Waals surface area (Å²) in [7, 11) is 0. The van der Waals surface area contributed by atoms with E-state index in [1.807, 2.05) is 6.07 Å². The van der Waals surface area contributed by atoms with Crippen LogP contribution in [-0.4, -0.2) is 26.7 Å². The van der Waals surface area contributed by atoms with Gasteiger partial charge in [-0.25, -0.2) is 9.97 Å². The molecule has 0 unspecified atom stereocenters. The van der Waals surface area contributed by atoms with Crippen molar-refractivity contribution in [1.82, 2.24) is 15.0 Å². The number of nitrogens with one attached hydrogen (secondary N) is 1. The first-order valence-electron chi connectivity index (χ1n) is 6.89. The van der Waals surface area contributed by atoms with Crippen LogP contribution in [-0.2, 0) is 13.0 Å². The van der Waals surface area contributed by atoms with E-state index < -0.39 is 0 Å². The lowest BCUT2D eigenvalue weighted by Crippen LogP contribution is -2.03. The molecule has 0 spiro atoms. The first-order chi connectivity index (χ1) is 11.1. The number of aromatic nitrogens is 3. The molecule has 0 aliphatic rings. The smallest absolute Gasteiger partial charge is 0.167 e. The fourth-order valence-electron chi connectivity index (χ4n) is 2.25. The number of nitrogen functional groups attached to an aromatic ring is 1. The molecule has 4 N–H and O–H groups in total. The van der Waals surface area contributed by atoms with Gasteiger partial charge < -0.3 is 20.6 Å². The molecule has 0 fully saturated rings. The second-order valence-electron chi connectivity index (χ2n) is 4.93. The summed E-state index contributed by atoms with van der Waals surface area (Å²) >= 11 is 12.3. The highest BCUT2D eigenvalue weighted by atomic mass is 35.5. The molecule has 0 radical (unpaired) electrons. The summed E-state index contributed by atoms with van der Waals surface area (Å²) in [5, 5.41) is 9.85. The molecule has 0 saturated heterocycles. The summed E-state index contributed by atoms with van der Waals surface area (Å²) in [6.45, 7) is 0.166. The van der Waals surface area contributed by atoms with E-state index in [4.69, 9.17) is 33.7 Å². The van der Waals surface area contributed by atoms with Crippen LogP contribution in [0.1, 0.15) is 11.4 Å². The third-order valence-corrected chi connectivity index (χ3v) is 4.08. The maximum absolute atomic E-state index is 9.20. The van der Waals surface area contributed by atoms with Gasteiger partial charge in [0.05, 0.1) is 17.1 Å². The van der Waals surface area contributed by atoms with E-state index in [-0.39, 0.29) is 6.61 Å². The molecule has 3 rings (SSSR count). The fourth-order valence-corrected chi connectivity index (χ4v) is 2.64. The van der Waals surface area contributed by atoms with Crippen LogP contribution in [0.2, 0.25) is 10.0 Å². The number of hydrogen-bond donors (Lipinski definition) is 3. The minimum absolute atomic E-state index is 0.209. The van der Waals surface area contributed by atoms with E-state index in [9.17, 15) is 5.11 Å². The molecule has 1 aromatic carbocycles. The number of fused-ring (bicyclic) bond motifs is 1. The molecule has 2 aromatic heterocycles. The van der Waals surface area contributed by atoms with E-state index >= 15 is 0 Å². The van der Waals surface area contributed by atoms with Crippen molar-refractivity contribution in [3.63, 3.8) is 0 Å². The number of pyridine rings is 1. The number of benzene rings is 1. The molecule has 0 atom stereocenters. The van der Waals surface area contributed by atoms with Crippen molar-refractivity contribution in [2.45, 2.75) is 13.0 Å². The van der Waals surface area contributed by atoms with Crippen molar-refractivity contribution in [2.75, 3.05) is 12.3 Å². The summed E-state index contributed by atoms with van der Waals surface area (Å²) in [5.74, 6) is 1.28. The van der Waals surface area contributed by atoms with Gasteiger partial charge in [-0.3, -0.25) is 0 Å². The Kier molecular flexibility index (Phi) is 4.56. The van der Waals surface area contributed by atoms with Crippen molar-refractivity contribution < 1.29 is 9.84 Å². The number of hydrogen-bond acceptors (Lipinski definition) is 5. The van der Waals surface area contributed by atoms with Crippen LogP contribution < -0.4 is 10.5 Å². The van der Waals surface area contributed by atoms with E-state index in [2.05, 4.69) is 15.0 Å². The number of nitrogens with two attached hydrogens (primary N) is 1. The van der Waals surface area contributed by atoms with Crippen LogP contribution in [0.3, 0.4) is 0 Å². The molecule has 0 aliphatic heterocycles. The topological polar surface area (TPSA) is 97.0 Å². The lowest BCUT2D eigenvalue weighted by Gasteiger charge is -2.10. The van der Waals surface area contributed by atoms with Crippen LogP contribution in [0.5, 0.6) is 5.75 Å². The van der Waals surface area contributed by atoms with Crippen LogP contribution in [0, 0.1) is 0 Å². The van der Waals surface area contributed by atoms with E-state index in [1.54, 1.807) is 18.3 Å². The number of aromatic amines is 1. The van der Waals surface area contributed by atoms with Crippen molar-refractivity contribution >= 4 is 40.1 Å². The SMILES string of the molecule is Nc1cc(CCOc2c(Cl)c(Cl)cc3[nH]c(CO)nc23)ccn1. The summed E-state index contributed by atoms with van der Waals surface area (Å²) in [6.07, 6.45) is 2.28. The standard InChI is InChI=1S/C15H14Cl2N4O2/c16-9-6-10-14(21-12(7-22)20-10)15(13(9)17)23-4-2-8-1-3-19-11(18)5-8/h1,3,5-6,22H,2,4,7H2,(H2,18,19)(H,20,21). The zero-order chi connectivity index (χ0) is 16.4. The summed E-state index contributed by atoms with van der Waals surface area (Å²) in [5.41, 5.74) is 7.85. The predicted octanol–water partition coefficient (Wildman–Crippen LogP) is 2.96. The van der Waals surface area contributed by atoms with Gasteiger partial charge in [0.15, 0.2) is 5.75 Å². The summed E-state index contributed by atoms with van der Waals surface area (Å²) in [6, 6.07) is 5.31. The number of halogens is 2. The Labute approximate surface area is 142 Å². The normalized spacial score (nSPS) is 11.1. The van der Waals surface area contributed by atoms with Gasteiger partial charge in [0.25, 0.3) is 0 Å². The highest BCUT2D eigenvalue weighted by molar-refractivity contribution is 6.44. The number of ether oxygens (including phenoxy) is 1. The Bertz CT molecular complexity index is 851. The second kappa shape index (κ2) is 6.62. The first-order valence-corrected chi connectivity index (χ1v) is 7.64. The molecule has 23 heavy (non-hydrogen) atoms. The fraction of sp³-hybridized carbons (Fsp3) is 0.200. The molecule has 0 amide bonds. The molecule has 8 heteroatoms. The minimum atomic E-state index is -0.209. The highest BCUT2D eigenvalue weighted by Gasteiger charge is 2.16. The maximum atomic E-state index is 9.20. The Balaban J connectivity index is 1.84. The predicted molar refractivity (Wildman–Crippen MR) is 89.9 cm³/mol. The number of aliphatic hydroxyl groups excluding tert-OH is 1.